The first-order valence-corrected chi connectivity index (χ1v) is 10.8. The van der Waals surface area contributed by atoms with E-state index in [4.69, 9.17) is 9.47 Å². The van der Waals surface area contributed by atoms with Crippen LogP contribution in [0.25, 0.3) is 0 Å². The van der Waals surface area contributed by atoms with Crippen molar-refractivity contribution in [1.82, 2.24) is 5.32 Å². The van der Waals surface area contributed by atoms with Crippen molar-refractivity contribution in [3.8, 4) is 0 Å². The maximum atomic E-state index is 13.8. The minimum Gasteiger partial charge on any atom is -0.465 e. The van der Waals surface area contributed by atoms with Gasteiger partial charge in [-0.15, -0.1) is 0 Å². The van der Waals surface area contributed by atoms with Crippen LogP contribution in [0.3, 0.4) is 0 Å². The minimum absolute atomic E-state index is 0.0617. The molecule has 7 nitrogen and oxygen atoms in total. The van der Waals surface area contributed by atoms with E-state index in [2.05, 4.69) is 5.32 Å². The number of amides is 2. The molecule has 32 heavy (non-hydrogen) atoms. The Kier molecular flexibility index (Phi) is 6.87. The third-order valence-corrected chi connectivity index (χ3v) is 5.24. The van der Waals surface area contributed by atoms with Gasteiger partial charge in [0.05, 0.1) is 13.2 Å². The summed E-state index contributed by atoms with van der Waals surface area (Å²) in [5.74, 6) is -0.967. The molecule has 1 atom stereocenters. The number of hydrogen-bond donors (Lipinski definition) is 1. The number of para-hydroxylation sites is 1. The van der Waals surface area contributed by atoms with Crippen LogP contribution in [0.1, 0.15) is 45.2 Å². The number of anilines is 1. The molecule has 0 spiro atoms. The molecular formula is C25H30N2O5. The molecule has 2 aromatic rings. The van der Waals surface area contributed by atoms with E-state index < -0.39 is 23.1 Å². The summed E-state index contributed by atoms with van der Waals surface area (Å²) in [5.41, 5.74) is 0.0286. The summed E-state index contributed by atoms with van der Waals surface area (Å²) >= 11 is 0. The highest BCUT2D eigenvalue weighted by atomic mass is 16.6. The van der Waals surface area contributed by atoms with E-state index in [1.54, 1.807) is 44.7 Å². The van der Waals surface area contributed by atoms with Gasteiger partial charge in [-0.2, -0.15) is 0 Å². The van der Waals surface area contributed by atoms with Crippen molar-refractivity contribution in [2.24, 2.45) is 0 Å². The molecule has 2 aromatic carbocycles. The van der Waals surface area contributed by atoms with Crippen LogP contribution >= 0.6 is 0 Å². The standard InChI is InChI=1S/C25H30N2O5/c1-5-31-22(29)25(15-16-26-23(30)32-24(2,3)4)19-13-9-10-14-20(19)27(21(25)28)17-18-11-7-6-8-12-18/h6-14H,5,15-17H2,1-4H3,(H,26,30)/t25-/m0/s1. The van der Waals surface area contributed by atoms with Crippen molar-refractivity contribution in [3.63, 3.8) is 0 Å². The molecule has 0 aliphatic carbocycles. The van der Waals surface area contributed by atoms with E-state index >= 15 is 0 Å². The minimum atomic E-state index is -1.53. The number of hydrogen-bond acceptors (Lipinski definition) is 5. The van der Waals surface area contributed by atoms with Crippen LogP contribution in [-0.4, -0.2) is 36.7 Å². The van der Waals surface area contributed by atoms with Crippen molar-refractivity contribution in [3.05, 3.63) is 65.7 Å². The number of rotatable bonds is 7. The van der Waals surface area contributed by atoms with Crippen LogP contribution in [0, 0.1) is 0 Å². The van der Waals surface area contributed by atoms with Gasteiger partial charge in [0.15, 0.2) is 5.41 Å². The average Bonchev–Trinajstić information content (AvgIpc) is 2.97. The highest BCUT2D eigenvalue weighted by Gasteiger charge is 2.57. The van der Waals surface area contributed by atoms with E-state index in [1.807, 2.05) is 42.5 Å². The summed E-state index contributed by atoms with van der Waals surface area (Å²) in [7, 11) is 0. The Labute approximate surface area is 188 Å². The summed E-state index contributed by atoms with van der Waals surface area (Å²) in [6.07, 6.45) is -0.539. The van der Waals surface area contributed by atoms with Gasteiger partial charge < -0.3 is 19.7 Å². The van der Waals surface area contributed by atoms with Crippen LogP contribution in [0.5, 0.6) is 0 Å². The lowest BCUT2D eigenvalue weighted by Gasteiger charge is -2.27. The predicted octanol–water partition coefficient (Wildman–Crippen LogP) is 3.95. The average molecular weight is 439 g/mol. The molecule has 0 saturated carbocycles. The van der Waals surface area contributed by atoms with Crippen LogP contribution in [0.2, 0.25) is 0 Å². The molecule has 1 aliphatic rings. The highest BCUT2D eigenvalue weighted by Crippen LogP contribution is 2.45. The molecule has 1 aliphatic heterocycles. The number of nitrogens with zero attached hydrogens (tertiary/aromatic N) is 1. The van der Waals surface area contributed by atoms with Gasteiger partial charge in [0, 0.05) is 17.8 Å². The van der Waals surface area contributed by atoms with E-state index in [9.17, 15) is 14.4 Å². The second-order valence-corrected chi connectivity index (χ2v) is 8.70. The molecule has 3 rings (SSSR count). The van der Waals surface area contributed by atoms with Crippen molar-refractivity contribution in [1.29, 1.82) is 0 Å². The SMILES string of the molecule is CCOC(=O)[C@]1(CCNC(=O)OC(C)(C)C)C(=O)N(Cc2ccccc2)c2ccccc21. The molecular weight excluding hydrogens is 408 g/mol. The topological polar surface area (TPSA) is 84.9 Å². The highest BCUT2D eigenvalue weighted by molar-refractivity contribution is 6.20. The second-order valence-electron chi connectivity index (χ2n) is 8.70. The lowest BCUT2D eigenvalue weighted by molar-refractivity contribution is -0.154. The fourth-order valence-electron chi connectivity index (χ4n) is 3.91. The zero-order chi connectivity index (χ0) is 23.4. The monoisotopic (exact) mass is 438 g/mol. The van der Waals surface area contributed by atoms with Gasteiger partial charge in [-0.05, 0) is 45.7 Å². The maximum Gasteiger partial charge on any atom is 0.407 e. The fourth-order valence-corrected chi connectivity index (χ4v) is 3.91. The lowest BCUT2D eigenvalue weighted by Crippen LogP contribution is -2.49. The van der Waals surface area contributed by atoms with Gasteiger partial charge in [-0.3, -0.25) is 9.59 Å². The summed E-state index contributed by atoms with van der Waals surface area (Å²) in [6, 6.07) is 16.8. The Morgan fingerprint density at radius 3 is 2.34 bits per heavy atom. The summed E-state index contributed by atoms with van der Waals surface area (Å²) < 4.78 is 10.6. The number of esters is 1. The largest absolute Gasteiger partial charge is 0.465 e. The third-order valence-electron chi connectivity index (χ3n) is 5.24. The molecule has 0 saturated heterocycles. The van der Waals surface area contributed by atoms with Crippen molar-refractivity contribution >= 4 is 23.7 Å². The van der Waals surface area contributed by atoms with E-state index in [0.717, 1.165) is 5.56 Å². The summed E-state index contributed by atoms with van der Waals surface area (Å²) in [6.45, 7) is 7.57. The molecule has 1 N–H and O–H groups in total. The number of benzene rings is 2. The number of carbonyl (C=O) groups excluding carboxylic acids is 3. The number of carbonyl (C=O) groups is 3. The molecule has 0 aromatic heterocycles. The van der Waals surface area contributed by atoms with E-state index in [-0.39, 0.29) is 25.5 Å². The number of alkyl carbamates (subject to hydrolysis) is 1. The van der Waals surface area contributed by atoms with Crippen molar-refractivity contribution in [2.45, 2.75) is 51.7 Å². The third kappa shape index (κ3) is 4.77. The molecule has 1 heterocycles. The number of fused-ring (bicyclic) bond motifs is 1. The lowest BCUT2D eigenvalue weighted by atomic mass is 9.78. The van der Waals surface area contributed by atoms with Crippen LogP contribution in [-0.2, 0) is 31.0 Å². The Bertz CT molecular complexity index is 983. The normalized spacial score (nSPS) is 17.6. The predicted molar refractivity (Wildman–Crippen MR) is 121 cm³/mol. The van der Waals surface area contributed by atoms with Crippen LogP contribution in [0.4, 0.5) is 10.5 Å². The summed E-state index contributed by atoms with van der Waals surface area (Å²) in [4.78, 5) is 40.8. The Morgan fingerprint density at radius 2 is 1.69 bits per heavy atom. The van der Waals surface area contributed by atoms with Gasteiger partial charge >= 0.3 is 12.1 Å². The van der Waals surface area contributed by atoms with E-state index in [1.165, 1.54) is 0 Å². The first kappa shape index (κ1) is 23.3. The van der Waals surface area contributed by atoms with Crippen molar-refractivity contribution in [2.75, 3.05) is 18.1 Å². The molecule has 170 valence electrons. The Morgan fingerprint density at radius 1 is 1.03 bits per heavy atom. The van der Waals surface area contributed by atoms with Gasteiger partial charge in [-0.25, -0.2) is 4.79 Å². The molecule has 0 bridgehead atoms. The van der Waals surface area contributed by atoms with Gasteiger partial charge in [0.2, 0.25) is 5.91 Å². The zero-order valence-electron chi connectivity index (χ0n) is 19.0. The van der Waals surface area contributed by atoms with E-state index in [0.29, 0.717) is 17.8 Å². The number of ether oxygens (including phenoxy) is 2. The smallest absolute Gasteiger partial charge is 0.407 e. The van der Waals surface area contributed by atoms with Crippen LogP contribution in [0.15, 0.2) is 54.6 Å². The van der Waals surface area contributed by atoms with Gasteiger partial charge in [0.1, 0.15) is 5.60 Å². The van der Waals surface area contributed by atoms with Crippen LogP contribution < -0.4 is 10.2 Å². The zero-order valence-corrected chi connectivity index (χ0v) is 19.0. The quantitative estimate of drug-likeness (QED) is 0.523. The number of nitrogens with one attached hydrogen (secondary N) is 1. The second kappa shape index (κ2) is 9.42. The summed E-state index contributed by atoms with van der Waals surface area (Å²) in [5, 5.41) is 2.66. The van der Waals surface area contributed by atoms with Crippen molar-refractivity contribution < 1.29 is 23.9 Å². The fraction of sp³-hybridized carbons (Fsp3) is 0.400. The van der Waals surface area contributed by atoms with Gasteiger partial charge in [-0.1, -0.05) is 48.5 Å². The molecule has 0 unspecified atom stereocenters. The molecule has 0 fully saturated rings. The molecule has 7 heteroatoms. The Hall–Kier alpha value is -3.35. The molecule has 0 radical (unpaired) electrons. The van der Waals surface area contributed by atoms with Gasteiger partial charge in [0.25, 0.3) is 0 Å². The Balaban J connectivity index is 1.92. The molecule has 2 amide bonds. The maximum absolute atomic E-state index is 13.8. The first-order valence-electron chi connectivity index (χ1n) is 10.8. The first-order chi connectivity index (χ1) is 15.2.